The minimum absolute atomic E-state index is 0.280. The Labute approximate surface area is 428 Å². The zero-order valence-electron chi connectivity index (χ0n) is 40.4. The Morgan fingerprint density at radius 2 is 0.819 bits per heavy atom. The van der Waals surface area contributed by atoms with Crippen LogP contribution in [0.25, 0.3) is 0 Å². The maximum absolute atomic E-state index is 13.1. The fraction of sp³-hybridized carbons (Fsp3) is 0.393. The van der Waals surface area contributed by atoms with Crippen molar-refractivity contribution < 1.29 is 35.8 Å². The van der Waals surface area contributed by atoms with Crippen LogP contribution in [0.4, 0.5) is 26.3 Å². The smallest absolute Gasteiger partial charge is 0.416 e. The first-order valence-corrected chi connectivity index (χ1v) is 25.2. The second kappa shape index (κ2) is 23.3. The van der Waals surface area contributed by atoms with E-state index in [4.69, 9.17) is 42.6 Å². The van der Waals surface area contributed by atoms with E-state index in [-0.39, 0.29) is 11.8 Å². The van der Waals surface area contributed by atoms with Crippen molar-refractivity contribution >= 4 is 23.2 Å². The minimum Gasteiger partial charge on any atom is -0.492 e. The number of pyridine rings is 2. The summed E-state index contributed by atoms with van der Waals surface area (Å²) in [4.78, 5) is 20.2. The van der Waals surface area contributed by atoms with Gasteiger partial charge in [0.2, 0.25) is 0 Å². The average Bonchev–Trinajstić information content (AvgIpc) is 3.37. The third kappa shape index (κ3) is 12.1. The molecule has 2 saturated heterocycles. The zero-order chi connectivity index (χ0) is 50.9. The normalized spacial score (nSPS) is 17.4. The van der Waals surface area contributed by atoms with Gasteiger partial charge in [-0.1, -0.05) is 59.6 Å². The molecule has 2 fully saturated rings. The van der Waals surface area contributed by atoms with Crippen LogP contribution in [0, 0.1) is 11.8 Å². The average molecular weight is 1030 g/mol. The summed E-state index contributed by atoms with van der Waals surface area (Å²) in [7, 11) is 4.39. The molecule has 16 heteroatoms. The number of ether oxygens (including phenoxy) is 2. The Morgan fingerprint density at radius 1 is 0.486 bits per heavy atom. The van der Waals surface area contributed by atoms with E-state index in [0.717, 1.165) is 98.6 Å². The molecule has 0 amide bonds. The number of likely N-dealkylation sites (tertiary alicyclic amines) is 2. The van der Waals surface area contributed by atoms with Gasteiger partial charge >= 0.3 is 12.4 Å². The van der Waals surface area contributed by atoms with Crippen LogP contribution < -0.4 is 9.47 Å². The van der Waals surface area contributed by atoms with Crippen molar-refractivity contribution in [3.63, 3.8) is 0 Å². The molecule has 0 aliphatic carbocycles. The lowest BCUT2D eigenvalue weighted by Crippen LogP contribution is -2.68. The third-order valence-corrected chi connectivity index (χ3v) is 15.0. The van der Waals surface area contributed by atoms with E-state index in [9.17, 15) is 26.3 Å². The van der Waals surface area contributed by atoms with E-state index >= 15 is 0 Å². The third-order valence-electron chi connectivity index (χ3n) is 14.5. The number of alkyl halides is 6. The standard InChI is InChI=1S/C56H60Cl2F6N6O2/c1-67(39-41-25-31-69(32-26-41)35-37-71-49-21-13-45(14-22-49)55(59,60)61)53(51-7-3-5-29-65-51,43-9-17-47(57)18-10-43)54(52-8-4-6-30-66-52,44-11-19-48(58)20-12-44)68(2)40-42-27-33-70(34-28-42)36-38-72-50-23-15-46(16-24-50)56(62,63)64/h3-24,29-30,41-42H,25-28,31-40H2,1-2H3/t53-,54?/m0/s1. The second-order valence-electron chi connectivity index (χ2n) is 18.9. The molecule has 0 spiro atoms. The molecule has 0 saturated carbocycles. The largest absolute Gasteiger partial charge is 0.492 e. The molecule has 382 valence electrons. The van der Waals surface area contributed by atoms with Crippen molar-refractivity contribution in [1.82, 2.24) is 29.6 Å². The van der Waals surface area contributed by atoms with Gasteiger partial charge in [-0.15, -0.1) is 0 Å². The summed E-state index contributed by atoms with van der Waals surface area (Å²) >= 11 is 13.5. The fourth-order valence-electron chi connectivity index (χ4n) is 10.9. The Balaban J connectivity index is 1.09. The Bertz CT molecular complexity index is 2420. The first-order valence-electron chi connectivity index (χ1n) is 24.4. The van der Waals surface area contributed by atoms with Crippen LogP contribution in [0.3, 0.4) is 0 Å². The molecule has 72 heavy (non-hydrogen) atoms. The van der Waals surface area contributed by atoms with Crippen molar-refractivity contribution in [2.45, 2.75) is 49.1 Å². The van der Waals surface area contributed by atoms with E-state index in [2.05, 4.69) is 70.1 Å². The van der Waals surface area contributed by atoms with Crippen molar-refractivity contribution in [1.29, 1.82) is 0 Å². The number of hydrogen-bond donors (Lipinski definition) is 0. The summed E-state index contributed by atoms with van der Waals surface area (Å²) < 4.78 is 90.6. The maximum Gasteiger partial charge on any atom is 0.416 e. The van der Waals surface area contributed by atoms with E-state index in [1.165, 1.54) is 24.3 Å². The highest BCUT2D eigenvalue weighted by Crippen LogP contribution is 2.56. The SMILES string of the molecule is CN(CC1CCN(CCOc2ccc(C(F)(F)F)cc2)CC1)C(c1ccc(Cl)cc1)(c1ccccn1)[C@](c1ccc(Cl)cc1)(c1ccccn1)N(C)CC1CCN(CCOc2ccc(C(F)(F)F)cc2)CC1. The van der Waals surface area contributed by atoms with Crippen LogP contribution in [0.2, 0.25) is 10.0 Å². The number of benzene rings is 4. The number of piperidine rings is 2. The Morgan fingerprint density at radius 3 is 1.12 bits per heavy atom. The van der Waals surface area contributed by atoms with Gasteiger partial charge < -0.3 is 9.47 Å². The van der Waals surface area contributed by atoms with Gasteiger partial charge in [0, 0.05) is 48.6 Å². The molecule has 4 aromatic carbocycles. The van der Waals surface area contributed by atoms with Crippen LogP contribution in [-0.4, -0.2) is 109 Å². The molecule has 0 bridgehead atoms. The van der Waals surface area contributed by atoms with Crippen molar-refractivity contribution in [3.8, 4) is 11.5 Å². The summed E-state index contributed by atoms with van der Waals surface area (Å²) in [6, 6.07) is 38.0. The molecule has 0 radical (unpaired) electrons. The Kier molecular flexibility index (Phi) is 17.2. The molecule has 2 aliphatic heterocycles. The topological polar surface area (TPSA) is 57.2 Å². The molecule has 2 atom stereocenters. The van der Waals surface area contributed by atoms with Crippen molar-refractivity contribution in [3.05, 3.63) is 190 Å². The van der Waals surface area contributed by atoms with E-state index in [0.29, 0.717) is 60.9 Å². The fourth-order valence-corrected chi connectivity index (χ4v) is 11.2. The van der Waals surface area contributed by atoms with Crippen molar-refractivity contribution in [2.24, 2.45) is 11.8 Å². The highest BCUT2D eigenvalue weighted by molar-refractivity contribution is 6.30. The quantitative estimate of drug-likeness (QED) is 0.0744. The summed E-state index contributed by atoms with van der Waals surface area (Å²) in [5.41, 5.74) is 0.0666. The van der Waals surface area contributed by atoms with Crippen LogP contribution in [-0.2, 0) is 23.4 Å². The Hall–Kier alpha value is -5.22. The molecule has 6 aromatic rings. The lowest BCUT2D eigenvalue weighted by Gasteiger charge is -2.59. The van der Waals surface area contributed by atoms with Gasteiger partial charge in [-0.05, 0) is 186 Å². The minimum atomic E-state index is -4.40. The van der Waals surface area contributed by atoms with Crippen LogP contribution in [0.5, 0.6) is 11.5 Å². The predicted molar refractivity (Wildman–Crippen MR) is 270 cm³/mol. The maximum atomic E-state index is 13.1. The van der Waals surface area contributed by atoms with Crippen LogP contribution in [0.15, 0.2) is 146 Å². The number of hydrogen-bond acceptors (Lipinski definition) is 8. The lowest BCUT2D eigenvalue weighted by atomic mass is 9.62. The van der Waals surface area contributed by atoms with Gasteiger partial charge in [0.25, 0.3) is 0 Å². The van der Waals surface area contributed by atoms with Gasteiger partial charge in [0.1, 0.15) is 35.8 Å². The summed E-state index contributed by atoms with van der Waals surface area (Å²) in [6.45, 7) is 6.70. The number of rotatable bonds is 19. The highest BCUT2D eigenvalue weighted by Gasteiger charge is 2.62. The number of halogens is 8. The number of likely N-dealkylation sites (N-methyl/N-ethyl adjacent to an activating group) is 2. The number of aromatic nitrogens is 2. The number of nitrogens with zero attached hydrogens (tertiary/aromatic N) is 6. The van der Waals surface area contributed by atoms with Crippen LogP contribution in [0.1, 0.15) is 59.3 Å². The van der Waals surface area contributed by atoms with Gasteiger partial charge in [0.05, 0.1) is 22.5 Å². The van der Waals surface area contributed by atoms with Gasteiger partial charge in [-0.3, -0.25) is 29.6 Å². The molecular formula is C56H60Cl2F6N6O2. The lowest BCUT2D eigenvalue weighted by molar-refractivity contribution is -0.138. The second-order valence-corrected chi connectivity index (χ2v) is 19.8. The summed E-state index contributed by atoms with van der Waals surface area (Å²) in [6.07, 6.45) is -1.48. The highest BCUT2D eigenvalue weighted by atomic mass is 35.5. The molecule has 2 aliphatic rings. The van der Waals surface area contributed by atoms with Gasteiger partial charge in [0.15, 0.2) is 0 Å². The molecule has 4 heterocycles. The van der Waals surface area contributed by atoms with Gasteiger partial charge in [-0.25, -0.2) is 0 Å². The molecule has 8 nitrogen and oxygen atoms in total. The first-order chi connectivity index (χ1) is 34.6. The monoisotopic (exact) mass is 1030 g/mol. The molecule has 0 N–H and O–H groups in total. The van der Waals surface area contributed by atoms with Gasteiger partial charge in [-0.2, -0.15) is 26.3 Å². The molecule has 2 aromatic heterocycles. The van der Waals surface area contributed by atoms with Crippen molar-refractivity contribution in [2.75, 3.05) is 79.7 Å². The predicted octanol–water partition coefficient (Wildman–Crippen LogP) is 12.5. The molecular weight excluding hydrogens is 974 g/mol. The first kappa shape index (κ1) is 53.1. The van der Waals surface area contributed by atoms with E-state index < -0.39 is 34.6 Å². The molecule has 8 rings (SSSR count). The summed E-state index contributed by atoms with van der Waals surface area (Å²) in [5, 5.41) is 1.21. The van der Waals surface area contributed by atoms with E-state index in [1.54, 1.807) is 0 Å². The molecule has 1 unspecified atom stereocenters. The van der Waals surface area contributed by atoms with E-state index in [1.807, 2.05) is 60.9 Å². The zero-order valence-corrected chi connectivity index (χ0v) is 41.9. The van der Waals surface area contributed by atoms with Crippen LogP contribution >= 0.6 is 23.2 Å². The summed E-state index contributed by atoms with van der Waals surface area (Å²) in [5.74, 6) is 1.37.